The number of anilines is 2. The largest absolute Gasteiger partial charge is 0.397 e. The lowest BCUT2D eigenvalue weighted by molar-refractivity contribution is 0.0991. The number of H-pyrrole nitrogens is 1. The second-order valence-corrected chi connectivity index (χ2v) is 3.85. The van der Waals surface area contributed by atoms with Gasteiger partial charge in [0.25, 0.3) is 5.91 Å². The Balaban J connectivity index is 2.39. The number of hydrogen-bond acceptors (Lipinski definition) is 3. The molecular weight excluding hydrogens is 230 g/mol. The number of amides is 1. The molecule has 1 amide bonds. The number of pyridine rings is 1. The van der Waals surface area contributed by atoms with Crippen LogP contribution in [-0.4, -0.2) is 17.9 Å². The molecule has 3 N–H and O–H groups in total. The minimum Gasteiger partial charge on any atom is -0.397 e. The van der Waals surface area contributed by atoms with Gasteiger partial charge in [-0.25, -0.2) is 0 Å². The maximum atomic E-state index is 12.2. The zero-order valence-corrected chi connectivity index (χ0v) is 9.88. The van der Waals surface area contributed by atoms with E-state index in [2.05, 4.69) is 4.98 Å². The van der Waals surface area contributed by atoms with E-state index in [-0.39, 0.29) is 11.0 Å². The third-order valence-corrected chi connectivity index (χ3v) is 2.66. The summed E-state index contributed by atoms with van der Waals surface area (Å²) in [6, 6.07) is 8.31. The number of nitrogens with one attached hydrogen (secondary N) is 1. The summed E-state index contributed by atoms with van der Waals surface area (Å²) in [7, 11) is 1.58. The van der Waals surface area contributed by atoms with Crippen LogP contribution in [0.2, 0.25) is 0 Å². The molecule has 0 spiro atoms. The van der Waals surface area contributed by atoms with Crippen LogP contribution in [0, 0.1) is 0 Å². The first-order valence-corrected chi connectivity index (χ1v) is 5.41. The van der Waals surface area contributed by atoms with Crippen LogP contribution in [0.5, 0.6) is 0 Å². The van der Waals surface area contributed by atoms with Gasteiger partial charge < -0.3 is 15.6 Å². The lowest BCUT2D eigenvalue weighted by Gasteiger charge is -2.18. The lowest BCUT2D eigenvalue weighted by atomic mass is 10.2. The summed E-state index contributed by atoms with van der Waals surface area (Å²) in [6.07, 6.45) is 2.87. The first kappa shape index (κ1) is 11.9. The summed E-state index contributed by atoms with van der Waals surface area (Å²) >= 11 is 0. The number of nitrogens with two attached hydrogens (primary N) is 1. The minimum atomic E-state index is -0.394. The summed E-state index contributed by atoms with van der Waals surface area (Å²) in [4.78, 5) is 27.8. The number of carbonyl (C=O) groups is 1. The van der Waals surface area contributed by atoms with Crippen molar-refractivity contribution < 1.29 is 4.79 Å². The van der Waals surface area contributed by atoms with Gasteiger partial charge in [0, 0.05) is 25.5 Å². The number of para-hydroxylation sites is 2. The molecule has 0 saturated carbocycles. The SMILES string of the molecule is CN(C(=O)c1c[nH]ccc1=O)c1ccccc1N. The molecule has 0 aliphatic heterocycles. The molecule has 2 aromatic rings. The standard InChI is InChI=1S/C13H13N3O2/c1-16(11-5-3-2-4-10(11)14)13(18)9-8-15-7-6-12(9)17/h2-8H,14H2,1H3,(H,15,17). The Kier molecular flexibility index (Phi) is 3.14. The van der Waals surface area contributed by atoms with Crippen LogP contribution in [-0.2, 0) is 0 Å². The second-order valence-electron chi connectivity index (χ2n) is 3.85. The molecule has 0 bridgehead atoms. The van der Waals surface area contributed by atoms with Gasteiger partial charge in [-0.05, 0) is 12.1 Å². The topological polar surface area (TPSA) is 79.2 Å². The van der Waals surface area contributed by atoms with Crippen LogP contribution in [0.1, 0.15) is 10.4 Å². The minimum absolute atomic E-state index is 0.0863. The van der Waals surface area contributed by atoms with Crippen molar-refractivity contribution in [2.75, 3.05) is 17.7 Å². The average Bonchev–Trinajstić information content (AvgIpc) is 2.38. The van der Waals surface area contributed by atoms with Gasteiger partial charge >= 0.3 is 0 Å². The number of rotatable bonds is 2. The fourth-order valence-electron chi connectivity index (χ4n) is 1.67. The van der Waals surface area contributed by atoms with Crippen LogP contribution >= 0.6 is 0 Å². The Labute approximate surface area is 104 Å². The van der Waals surface area contributed by atoms with Gasteiger partial charge in [0.05, 0.1) is 11.4 Å². The smallest absolute Gasteiger partial charge is 0.263 e. The molecule has 0 unspecified atom stereocenters. The average molecular weight is 243 g/mol. The zero-order chi connectivity index (χ0) is 13.1. The van der Waals surface area contributed by atoms with E-state index in [0.717, 1.165) is 0 Å². The normalized spacial score (nSPS) is 10.1. The van der Waals surface area contributed by atoms with E-state index in [1.54, 1.807) is 31.3 Å². The molecule has 0 atom stereocenters. The Morgan fingerprint density at radius 2 is 2.00 bits per heavy atom. The molecule has 0 aliphatic rings. The molecule has 1 aromatic heterocycles. The quantitative estimate of drug-likeness (QED) is 0.779. The molecule has 0 fully saturated rings. The number of carbonyl (C=O) groups excluding carboxylic acids is 1. The van der Waals surface area contributed by atoms with Crippen molar-refractivity contribution in [1.29, 1.82) is 0 Å². The van der Waals surface area contributed by atoms with Gasteiger partial charge in [0.1, 0.15) is 5.56 Å². The van der Waals surface area contributed by atoms with Crippen molar-refractivity contribution in [1.82, 2.24) is 4.98 Å². The van der Waals surface area contributed by atoms with E-state index in [9.17, 15) is 9.59 Å². The monoisotopic (exact) mass is 243 g/mol. The van der Waals surface area contributed by atoms with Gasteiger partial charge in [-0.1, -0.05) is 12.1 Å². The van der Waals surface area contributed by atoms with Crippen LogP contribution in [0.15, 0.2) is 47.5 Å². The fraction of sp³-hybridized carbons (Fsp3) is 0.0769. The van der Waals surface area contributed by atoms with E-state index < -0.39 is 5.91 Å². The highest BCUT2D eigenvalue weighted by Gasteiger charge is 2.17. The van der Waals surface area contributed by atoms with E-state index in [0.29, 0.717) is 11.4 Å². The maximum Gasteiger partial charge on any atom is 0.263 e. The van der Waals surface area contributed by atoms with Gasteiger partial charge in [0.2, 0.25) is 0 Å². The summed E-state index contributed by atoms with van der Waals surface area (Å²) < 4.78 is 0. The van der Waals surface area contributed by atoms with Crippen molar-refractivity contribution in [3.63, 3.8) is 0 Å². The molecular formula is C13H13N3O2. The highest BCUT2D eigenvalue weighted by molar-refractivity contribution is 6.06. The molecule has 92 valence electrons. The molecule has 0 aliphatic carbocycles. The highest BCUT2D eigenvalue weighted by atomic mass is 16.2. The number of aromatic amines is 1. The van der Waals surface area contributed by atoms with Crippen molar-refractivity contribution in [2.45, 2.75) is 0 Å². The summed E-state index contributed by atoms with van der Waals surface area (Å²) in [5.41, 5.74) is 6.62. The lowest BCUT2D eigenvalue weighted by Crippen LogP contribution is -2.31. The molecule has 0 saturated heterocycles. The number of aromatic nitrogens is 1. The molecule has 2 rings (SSSR count). The predicted molar refractivity (Wildman–Crippen MR) is 70.7 cm³/mol. The van der Waals surface area contributed by atoms with Crippen LogP contribution in [0.4, 0.5) is 11.4 Å². The first-order chi connectivity index (χ1) is 8.61. The van der Waals surface area contributed by atoms with E-state index in [1.807, 2.05) is 0 Å². The van der Waals surface area contributed by atoms with Crippen LogP contribution in [0.25, 0.3) is 0 Å². The van der Waals surface area contributed by atoms with Gasteiger partial charge in [-0.3, -0.25) is 9.59 Å². The molecule has 5 nitrogen and oxygen atoms in total. The molecule has 0 radical (unpaired) electrons. The maximum absolute atomic E-state index is 12.2. The van der Waals surface area contributed by atoms with E-state index in [1.165, 1.54) is 23.4 Å². The zero-order valence-electron chi connectivity index (χ0n) is 9.88. The molecule has 18 heavy (non-hydrogen) atoms. The second kappa shape index (κ2) is 4.75. The number of hydrogen-bond donors (Lipinski definition) is 2. The van der Waals surface area contributed by atoms with Gasteiger partial charge in [0.15, 0.2) is 5.43 Å². The highest BCUT2D eigenvalue weighted by Crippen LogP contribution is 2.21. The Morgan fingerprint density at radius 1 is 1.28 bits per heavy atom. The third-order valence-electron chi connectivity index (χ3n) is 2.66. The number of benzene rings is 1. The molecule has 5 heteroatoms. The van der Waals surface area contributed by atoms with Crippen molar-refractivity contribution in [2.24, 2.45) is 0 Å². The summed E-state index contributed by atoms with van der Waals surface area (Å²) in [5, 5.41) is 0. The summed E-state index contributed by atoms with van der Waals surface area (Å²) in [5.74, 6) is -0.394. The van der Waals surface area contributed by atoms with Gasteiger partial charge in [-0.2, -0.15) is 0 Å². The Hall–Kier alpha value is -2.56. The van der Waals surface area contributed by atoms with Crippen molar-refractivity contribution >= 4 is 17.3 Å². The summed E-state index contributed by atoms with van der Waals surface area (Å²) in [6.45, 7) is 0. The molecule has 1 heterocycles. The first-order valence-electron chi connectivity index (χ1n) is 5.41. The molecule has 1 aromatic carbocycles. The third kappa shape index (κ3) is 2.10. The van der Waals surface area contributed by atoms with Crippen molar-refractivity contribution in [3.8, 4) is 0 Å². The number of nitrogens with zero attached hydrogens (tertiary/aromatic N) is 1. The fourth-order valence-corrected chi connectivity index (χ4v) is 1.67. The Bertz CT molecular complexity index is 634. The Morgan fingerprint density at radius 3 is 2.67 bits per heavy atom. The number of nitrogen functional groups attached to an aromatic ring is 1. The van der Waals surface area contributed by atoms with E-state index in [4.69, 9.17) is 5.73 Å². The van der Waals surface area contributed by atoms with Crippen molar-refractivity contribution in [3.05, 3.63) is 58.5 Å². The van der Waals surface area contributed by atoms with Crippen LogP contribution < -0.4 is 16.1 Å². The van der Waals surface area contributed by atoms with Crippen LogP contribution in [0.3, 0.4) is 0 Å². The van der Waals surface area contributed by atoms with E-state index >= 15 is 0 Å². The predicted octanol–water partition coefficient (Wildman–Crippen LogP) is 1.23. The van der Waals surface area contributed by atoms with Gasteiger partial charge in [-0.15, -0.1) is 0 Å².